The summed E-state index contributed by atoms with van der Waals surface area (Å²) in [5.74, 6) is 0. The van der Waals surface area contributed by atoms with Crippen LogP contribution in [-0.2, 0) is 13.5 Å². The van der Waals surface area contributed by atoms with Crippen LogP contribution in [0.3, 0.4) is 0 Å². The van der Waals surface area contributed by atoms with Gasteiger partial charge in [-0.25, -0.2) is 19.3 Å². The molecule has 0 amide bonds. The standard InChI is InChI=1S/C20H15N5O4/c1-11-9-21-10-25(11)14-5-3-12(4-6-14)7-13-8-15-16(22-23-24(15)2)18-17(13)28-19(26)20(27)29-18/h3-6,8-10H,7H2,1-2H3. The molecule has 3 aromatic heterocycles. The van der Waals surface area contributed by atoms with Gasteiger partial charge in [-0.1, -0.05) is 17.3 Å². The average molecular weight is 389 g/mol. The normalized spacial score (nSPS) is 11.5. The van der Waals surface area contributed by atoms with Gasteiger partial charge in [-0.05, 0) is 30.7 Å². The average Bonchev–Trinajstić information content (AvgIpc) is 3.30. The first-order valence-corrected chi connectivity index (χ1v) is 8.89. The Morgan fingerprint density at radius 2 is 1.76 bits per heavy atom. The van der Waals surface area contributed by atoms with Gasteiger partial charge in [0.2, 0.25) is 5.58 Å². The maximum Gasteiger partial charge on any atom is 0.423 e. The molecule has 9 heteroatoms. The molecular weight excluding hydrogens is 374 g/mol. The van der Waals surface area contributed by atoms with Crippen LogP contribution in [0.4, 0.5) is 0 Å². The molecule has 2 aromatic carbocycles. The fraction of sp³-hybridized carbons (Fsp3) is 0.150. The van der Waals surface area contributed by atoms with Crippen molar-refractivity contribution in [1.29, 1.82) is 0 Å². The second-order valence-electron chi connectivity index (χ2n) is 6.80. The molecule has 0 radical (unpaired) electrons. The highest BCUT2D eigenvalue weighted by Gasteiger charge is 2.18. The van der Waals surface area contributed by atoms with Crippen LogP contribution in [0, 0.1) is 6.92 Å². The Morgan fingerprint density at radius 1 is 1.03 bits per heavy atom. The fourth-order valence-electron chi connectivity index (χ4n) is 3.40. The van der Waals surface area contributed by atoms with E-state index >= 15 is 0 Å². The van der Waals surface area contributed by atoms with E-state index in [0.717, 1.165) is 16.9 Å². The number of rotatable bonds is 3. The molecule has 5 aromatic rings. The van der Waals surface area contributed by atoms with Gasteiger partial charge in [0.05, 0.1) is 11.8 Å². The number of aromatic nitrogens is 5. The first kappa shape index (κ1) is 17.1. The second-order valence-corrected chi connectivity index (χ2v) is 6.80. The molecule has 0 aliphatic heterocycles. The van der Waals surface area contributed by atoms with E-state index in [0.29, 0.717) is 23.0 Å². The number of fused-ring (bicyclic) bond motifs is 3. The van der Waals surface area contributed by atoms with Crippen LogP contribution in [0.15, 0.2) is 61.3 Å². The van der Waals surface area contributed by atoms with Gasteiger partial charge in [-0.15, -0.1) is 5.10 Å². The lowest BCUT2D eigenvalue weighted by atomic mass is 10.0. The van der Waals surface area contributed by atoms with Gasteiger partial charge >= 0.3 is 11.3 Å². The van der Waals surface area contributed by atoms with Gasteiger partial charge in [0, 0.05) is 36.6 Å². The zero-order valence-electron chi connectivity index (χ0n) is 15.6. The summed E-state index contributed by atoms with van der Waals surface area (Å²) < 4.78 is 14.0. The van der Waals surface area contributed by atoms with Crippen LogP contribution in [0.5, 0.6) is 0 Å². The zero-order chi connectivity index (χ0) is 20.1. The minimum absolute atomic E-state index is 0.126. The molecule has 3 heterocycles. The van der Waals surface area contributed by atoms with Gasteiger partial charge in [0.1, 0.15) is 0 Å². The van der Waals surface area contributed by atoms with Crippen molar-refractivity contribution in [2.75, 3.05) is 0 Å². The first-order valence-electron chi connectivity index (χ1n) is 8.89. The molecule has 0 unspecified atom stereocenters. The molecule has 0 bridgehead atoms. The molecule has 0 saturated carbocycles. The molecule has 0 saturated heterocycles. The van der Waals surface area contributed by atoms with Crippen molar-refractivity contribution in [2.45, 2.75) is 13.3 Å². The van der Waals surface area contributed by atoms with E-state index in [2.05, 4.69) is 15.3 Å². The van der Waals surface area contributed by atoms with Crippen LogP contribution in [0.25, 0.3) is 27.9 Å². The van der Waals surface area contributed by atoms with Crippen molar-refractivity contribution < 1.29 is 8.83 Å². The number of nitrogens with zero attached hydrogens (tertiary/aromatic N) is 5. The fourth-order valence-corrected chi connectivity index (χ4v) is 3.40. The molecule has 0 spiro atoms. The molecule has 0 aliphatic carbocycles. The Bertz CT molecular complexity index is 1490. The highest BCUT2D eigenvalue weighted by molar-refractivity contribution is 5.99. The molecule has 0 fully saturated rings. The van der Waals surface area contributed by atoms with E-state index in [1.54, 1.807) is 24.3 Å². The van der Waals surface area contributed by atoms with Crippen molar-refractivity contribution in [3.63, 3.8) is 0 Å². The third-order valence-corrected chi connectivity index (χ3v) is 4.88. The van der Waals surface area contributed by atoms with Gasteiger partial charge in [0.25, 0.3) is 0 Å². The van der Waals surface area contributed by atoms with Crippen molar-refractivity contribution >= 4 is 22.2 Å². The van der Waals surface area contributed by atoms with Gasteiger partial charge in [-0.2, -0.15) is 0 Å². The minimum atomic E-state index is -1.07. The lowest BCUT2D eigenvalue weighted by Gasteiger charge is -2.08. The summed E-state index contributed by atoms with van der Waals surface area (Å²) in [4.78, 5) is 27.6. The number of hydrogen-bond donors (Lipinski definition) is 0. The van der Waals surface area contributed by atoms with Gasteiger partial charge in [0.15, 0.2) is 11.1 Å². The van der Waals surface area contributed by atoms with E-state index in [9.17, 15) is 9.59 Å². The number of imidazole rings is 1. The van der Waals surface area contributed by atoms with Crippen LogP contribution in [0.2, 0.25) is 0 Å². The Labute approximate surface area is 162 Å². The Balaban J connectivity index is 1.63. The molecular formula is C20H15N5O4. The van der Waals surface area contributed by atoms with E-state index in [-0.39, 0.29) is 11.2 Å². The van der Waals surface area contributed by atoms with Crippen LogP contribution >= 0.6 is 0 Å². The SMILES string of the molecule is Cc1cncn1-c1ccc(Cc2cc3c(nnn3C)c3oc(=O)c(=O)oc23)cc1. The topological polar surface area (TPSA) is 109 Å². The van der Waals surface area contributed by atoms with Gasteiger partial charge in [-0.3, -0.25) is 0 Å². The van der Waals surface area contributed by atoms with Crippen LogP contribution in [-0.4, -0.2) is 24.5 Å². The quantitative estimate of drug-likeness (QED) is 0.435. The lowest BCUT2D eigenvalue weighted by Crippen LogP contribution is -2.21. The van der Waals surface area contributed by atoms with Crippen LogP contribution < -0.4 is 11.3 Å². The largest absolute Gasteiger partial charge is 0.423 e. The van der Waals surface area contributed by atoms with Gasteiger partial charge < -0.3 is 13.4 Å². The number of aryl methyl sites for hydroxylation is 2. The Morgan fingerprint density at radius 3 is 2.45 bits per heavy atom. The summed E-state index contributed by atoms with van der Waals surface area (Å²) in [6.45, 7) is 1.99. The maximum atomic E-state index is 11.8. The summed E-state index contributed by atoms with van der Waals surface area (Å²) in [6, 6.07) is 9.81. The summed E-state index contributed by atoms with van der Waals surface area (Å²) in [5.41, 5.74) is 2.99. The second kappa shape index (κ2) is 6.26. The molecule has 5 rings (SSSR count). The lowest BCUT2D eigenvalue weighted by molar-refractivity contribution is 0.449. The third-order valence-electron chi connectivity index (χ3n) is 4.88. The minimum Gasteiger partial charge on any atom is -0.414 e. The highest BCUT2D eigenvalue weighted by atomic mass is 16.5. The number of benzene rings is 2. The zero-order valence-corrected chi connectivity index (χ0v) is 15.6. The van der Waals surface area contributed by atoms with Crippen molar-refractivity contribution in [2.24, 2.45) is 7.05 Å². The van der Waals surface area contributed by atoms with Crippen molar-refractivity contribution in [3.05, 3.63) is 80.5 Å². The predicted molar refractivity (Wildman–Crippen MR) is 104 cm³/mol. The summed E-state index contributed by atoms with van der Waals surface area (Å²) in [6.07, 6.45) is 4.03. The van der Waals surface area contributed by atoms with Crippen LogP contribution in [0.1, 0.15) is 16.8 Å². The highest BCUT2D eigenvalue weighted by Crippen LogP contribution is 2.27. The monoisotopic (exact) mass is 389 g/mol. The molecule has 0 aliphatic rings. The molecule has 0 N–H and O–H groups in total. The van der Waals surface area contributed by atoms with E-state index in [1.165, 1.54) is 0 Å². The van der Waals surface area contributed by atoms with E-state index < -0.39 is 11.3 Å². The predicted octanol–water partition coefficient (Wildman–Crippen LogP) is 2.11. The van der Waals surface area contributed by atoms with E-state index in [4.69, 9.17) is 8.83 Å². The molecule has 144 valence electrons. The van der Waals surface area contributed by atoms with E-state index in [1.807, 2.05) is 41.8 Å². The summed E-state index contributed by atoms with van der Waals surface area (Å²) in [7, 11) is 1.74. The molecule has 0 atom stereocenters. The first-order chi connectivity index (χ1) is 14.0. The molecule has 9 nitrogen and oxygen atoms in total. The Hall–Kier alpha value is -4.01. The summed E-state index contributed by atoms with van der Waals surface area (Å²) >= 11 is 0. The summed E-state index contributed by atoms with van der Waals surface area (Å²) in [5, 5.41) is 7.99. The van der Waals surface area contributed by atoms with Crippen molar-refractivity contribution in [1.82, 2.24) is 24.5 Å². The number of hydrogen-bond acceptors (Lipinski definition) is 7. The third kappa shape index (κ3) is 2.75. The van der Waals surface area contributed by atoms with Crippen molar-refractivity contribution in [3.8, 4) is 5.69 Å². The maximum absolute atomic E-state index is 11.8. The smallest absolute Gasteiger partial charge is 0.414 e. The molecule has 29 heavy (non-hydrogen) atoms. The Kier molecular flexibility index (Phi) is 3.70.